The average Bonchev–Trinajstić information content (AvgIpc) is 3.23. The van der Waals surface area contributed by atoms with Crippen molar-refractivity contribution in [2.24, 2.45) is 5.92 Å². The van der Waals surface area contributed by atoms with Gasteiger partial charge in [-0.15, -0.1) is 0 Å². The van der Waals surface area contributed by atoms with Gasteiger partial charge >= 0.3 is 0 Å². The van der Waals surface area contributed by atoms with E-state index in [-0.39, 0.29) is 17.7 Å². The third-order valence-corrected chi connectivity index (χ3v) is 3.09. The van der Waals surface area contributed by atoms with E-state index in [1.165, 1.54) is 0 Å². The summed E-state index contributed by atoms with van der Waals surface area (Å²) in [6.45, 7) is 0. The SMILES string of the molecule is O=C(NNC(=O)C1CC1)c1cc(C2CC2)[nH]n1. The monoisotopic (exact) mass is 234 g/mol. The lowest BCUT2D eigenvalue weighted by atomic mass is 10.2. The van der Waals surface area contributed by atoms with Crippen LogP contribution in [0.15, 0.2) is 6.07 Å². The summed E-state index contributed by atoms with van der Waals surface area (Å²) in [4.78, 5) is 23.0. The number of hydrazine groups is 1. The zero-order chi connectivity index (χ0) is 11.8. The molecular formula is C11H14N4O2. The number of nitrogens with one attached hydrogen (secondary N) is 3. The molecule has 1 aromatic rings. The molecule has 1 heterocycles. The van der Waals surface area contributed by atoms with Gasteiger partial charge in [0.05, 0.1) is 0 Å². The molecule has 1 aromatic heterocycles. The minimum absolute atomic E-state index is 0.0801. The van der Waals surface area contributed by atoms with E-state index >= 15 is 0 Å². The Morgan fingerprint density at radius 1 is 1.24 bits per heavy atom. The van der Waals surface area contributed by atoms with Gasteiger partial charge in [0.2, 0.25) is 5.91 Å². The van der Waals surface area contributed by atoms with Crippen molar-refractivity contribution in [3.63, 3.8) is 0 Å². The molecule has 0 aliphatic heterocycles. The number of hydrogen-bond acceptors (Lipinski definition) is 3. The van der Waals surface area contributed by atoms with Crippen LogP contribution >= 0.6 is 0 Å². The maximum absolute atomic E-state index is 11.6. The Bertz CT molecular complexity index is 460. The van der Waals surface area contributed by atoms with E-state index in [2.05, 4.69) is 21.0 Å². The van der Waals surface area contributed by atoms with Crippen molar-refractivity contribution in [2.75, 3.05) is 0 Å². The fourth-order valence-corrected chi connectivity index (χ4v) is 1.69. The van der Waals surface area contributed by atoms with Crippen LogP contribution in [0.3, 0.4) is 0 Å². The summed E-state index contributed by atoms with van der Waals surface area (Å²) in [5.41, 5.74) is 6.10. The number of amides is 2. The van der Waals surface area contributed by atoms with Crippen LogP contribution in [-0.4, -0.2) is 22.0 Å². The van der Waals surface area contributed by atoms with E-state index in [0.29, 0.717) is 11.6 Å². The average molecular weight is 234 g/mol. The molecule has 0 aromatic carbocycles. The normalized spacial score (nSPS) is 18.8. The molecule has 2 amide bonds. The lowest BCUT2D eigenvalue weighted by Crippen LogP contribution is -2.42. The fraction of sp³-hybridized carbons (Fsp3) is 0.545. The number of hydrogen-bond donors (Lipinski definition) is 3. The molecule has 0 bridgehead atoms. The Hall–Kier alpha value is -1.85. The maximum Gasteiger partial charge on any atom is 0.290 e. The van der Waals surface area contributed by atoms with Crippen molar-refractivity contribution >= 4 is 11.8 Å². The third kappa shape index (κ3) is 2.30. The second-order valence-electron chi connectivity index (χ2n) is 4.70. The van der Waals surface area contributed by atoms with E-state index in [1.807, 2.05) is 0 Å². The first-order valence-corrected chi connectivity index (χ1v) is 5.89. The molecule has 0 radical (unpaired) electrons. The fourth-order valence-electron chi connectivity index (χ4n) is 1.69. The third-order valence-electron chi connectivity index (χ3n) is 3.09. The first-order chi connectivity index (χ1) is 8.24. The summed E-state index contributed by atoms with van der Waals surface area (Å²) < 4.78 is 0. The van der Waals surface area contributed by atoms with Crippen LogP contribution < -0.4 is 10.9 Å². The molecule has 2 fully saturated rings. The second kappa shape index (κ2) is 3.87. The highest BCUT2D eigenvalue weighted by molar-refractivity contribution is 5.94. The van der Waals surface area contributed by atoms with Crippen LogP contribution in [0.5, 0.6) is 0 Å². The zero-order valence-corrected chi connectivity index (χ0v) is 9.32. The van der Waals surface area contributed by atoms with E-state index in [4.69, 9.17) is 0 Å². The minimum atomic E-state index is -0.373. The molecule has 17 heavy (non-hydrogen) atoms. The molecule has 2 saturated carbocycles. The number of carbonyl (C=O) groups excluding carboxylic acids is 2. The molecule has 6 nitrogen and oxygen atoms in total. The van der Waals surface area contributed by atoms with E-state index in [1.54, 1.807) is 6.07 Å². The smallest absolute Gasteiger partial charge is 0.281 e. The summed E-state index contributed by atoms with van der Waals surface area (Å²) in [5.74, 6) is 0.125. The highest BCUT2D eigenvalue weighted by Gasteiger charge is 2.30. The molecule has 3 N–H and O–H groups in total. The van der Waals surface area contributed by atoms with Crippen molar-refractivity contribution in [3.05, 3.63) is 17.5 Å². The lowest BCUT2D eigenvalue weighted by Gasteiger charge is -2.03. The molecule has 90 valence electrons. The van der Waals surface area contributed by atoms with Crippen molar-refractivity contribution < 1.29 is 9.59 Å². The molecule has 0 unspecified atom stereocenters. The highest BCUT2D eigenvalue weighted by Crippen LogP contribution is 2.38. The summed E-state index contributed by atoms with van der Waals surface area (Å²) >= 11 is 0. The lowest BCUT2D eigenvalue weighted by molar-refractivity contribution is -0.123. The van der Waals surface area contributed by atoms with E-state index in [9.17, 15) is 9.59 Å². The van der Waals surface area contributed by atoms with Gasteiger partial charge in [-0.1, -0.05) is 0 Å². The number of rotatable bonds is 3. The topological polar surface area (TPSA) is 86.9 Å². The Morgan fingerprint density at radius 3 is 2.65 bits per heavy atom. The predicted molar refractivity (Wildman–Crippen MR) is 58.9 cm³/mol. The van der Waals surface area contributed by atoms with Crippen molar-refractivity contribution in [1.82, 2.24) is 21.0 Å². The standard InChI is InChI=1S/C11H14N4O2/c16-10(7-3-4-7)14-15-11(17)9-5-8(12-13-9)6-1-2-6/h5-7H,1-4H2,(H,12,13)(H,14,16)(H,15,17). The van der Waals surface area contributed by atoms with Gasteiger partial charge < -0.3 is 0 Å². The van der Waals surface area contributed by atoms with Crippen LogP contribution in [-0.2, 0) is 4.79 Å². The van der Waals surface area contributed by atoms with E-state index in [0.717, 1.165) is 31.4 Å². The molecule has 6 heteroatoms. The highest BCUT2D eigenvalue weighted by atomic mass is 16.2. The zero-order valence-electron chi connectivity index (χ0n) is 9.32. The van der Waals surface area contributed by atoms with Crippen molar-refractivity contribution in [3.8, 4) is 0 Å². The van der Waals surface area contributed by atoms with E-state index < -0.39 is 0 Å². The largest absolute Gasteiger partial charge is 0.290 e. The van der Waals surface area contributed by atoms with Gasteiger partial charge in [-0.3, -0.25) is 25.5 Å². The second-order valence-corrected chi connectivity index (χ2v) is 4.70. The van der Waals surface area contributed by atoms with Gasteiger partial charge in [0.25, 0.3) is 5.91 Å². The van der Waals surface area contributed by atoms with Crippen LogP contribution in [0.2, 0.25) is 0 Å². The number of H-pyrrole nitrogens is 1. The Balaban J connectivity index is 1.54. The molecule has 3 rings (SSSR count). The Labute approximate surface area is 98.1 Å². The van der Waals surface area contributed by atoms with Gasteiger partial charge in [-0.2, -0.15) is 5.10 Å². The van der Waals surface area contributed by atoms with Crippen LogP contribution in [0.4, 0.5) is 0 Å². The Morgan fingerprint density at radius 2 is 2.00 bits per heavy atom. The van der Waals surface area contributed by atoms with Gasteiger partial charge in [-0.25, -0.2) is 0 Å². The first-order valence-electron chi connectivity index (χ1n) is 5.89. The molecule has 2 aliphatic rings. The maximum atomic E-state index is 11.6. The minimum Gasteiger partial charge on any atom is -0.281 e. The summed E-state index contributed by atoms with van der Waals surface area (Å²) in [7, 11) is 0. The van der Waals surface area contributed by atoms with Crippen molar-refractivity contribution in [1.29, 1.82) is 0 Å². The summed E-state index contributed by atoms with van der Waals surface area (Å²) in [6.07, 6.45) is 4.13. The van der Waals surface area contributed by atoms with Crippen LogP contribution in [0.25, 0.3) is 0 Å². The van der Waals surface area contributed by atoms with Crippen molar-refractivity contribution in [2.45, 2.75) is 31.6 Å². The molecule has 0 saturated heterocycles. The van der Waals surface area contributed by atoms with Crippen LogP contribution in [0.1, 0.15) is 47.8 Å². The molecule has 2 aliphatic carbocycles. The summed E-state index contributed by atoms with van der Waals surface area (Å²) in [6, 6.07) is 1.75. The molecule has 0 spiro atoms. The number of aromatic nitrogens is 2. The predicted octanol–water partition coefficient (Wildman–Crippen LogP) is 0.458. The van der Waals surface area contributed by atoms with Gasteiger partial charge in [0, 0.05) is 17.5 Å². The number of nitrogens with zero attached hydrogens (tertiary/aromatic N) is 1. The molecular weight excluding hydrogens is 220 g/mol. The molecule has 0 atom stereocenters. The Kier molecular flexibility index (Phi) is 2.35. The number of carbonyl (C=O) groups is 2. The quantitative estimate of drug-likeness (QED) is 0.664. The first kappa shape index (κ1) is 10.3. The summed E-state index contributed by atoms with van der Waals surface area (Å²) in [5, 5.41) is 6.78. The van der Waals surface area contributed by atoms with Gasteiger partial charge in [-0.05, 0) is 31.7 Å². The van der Waals surface area contributed by atoms with Crippen LogP contribution in [0, 0.1) is 5.92 Å². The van der Waals surface area contributed by atoms with Gasteiger partial charge in [0.1, 0.15) is 0 Å². The van der Waals surface area contributed by atoms with Gasteiger partial charge in [0.15, 0.2) is 5.69 Å². The number of aromatic amines is 1.